The van der Waals surface area contributed by atoms with Crippen LogP contribution in [0.15, 0.2) is 39.9 Å². The van der Waals surface area contributed by atoms with Crippen LogP contribution in [0.5, 0.6) is 0 Å². The van der Waals surface area contributed by atoms with Gasteiger partial charge in [-0.1, -0.05) is 5.57 Å². The van der Waals surface area contributed by atoms with Crippen LogP contribution in [0.25, 0.3) is 0 Å². The molecule has 0 aromatic carbocycles. The first-order chi connectivity index (χ1) is 11.8. The molecule has 25 heavy (non-hydrogen) atoms. The monoisotopic (exact) mass is 341 g/mol. The van der Waals surface area contributed by atoms with Gasteiger partial charge < -0.3 is 10.6 Å². The Morgan fingerprint density at radius 2 is 1.88 bits per heavy atom. The van der Waals surface area contributed by atoms with Crippen LogP contribution in [0.4, 0.5) is 0 Å². The second-order valence-electron chi connectivity index (χ2n) is 7.01. The lowest BCUT2D eigenvalue weighted by atomic mass is 10.0. The highest BCUT2D eigenvalue weighted by molar-refractivity contribution is 5.98. The van der Waals surface area contributed by atoms with Gasteiger partial charge in [-0.3, -0.25) is 4.79 Å². The van der Waals surface area contributed by atoms with Gasteiger partial charge in [0.05, 0.1) is 0 Å². The van der Waals surface area contributed by atoms with Gasteiger partial charge in [0.15, 0.2) is 0 Å². The molecule has 134 valence electrons. The number of hydrogen-bond donors (Lipinski definition) is 2. The van der Waals surface area contributed by atoms with Crippen molar-refractivity contribution in [1.82, 2.24) is 20.6 Å². The first-order valence-electron chi connectivity index (χ1n) is 8.45. The van der Waals surface area contributed by atoms with Gasteiger partial charge in [0.2, 0.25) is 0 Å². The zero-order chi connectivity index (χ0) is 18.6. The molecule has 2 rings (SSSR count). The van der Waals surface area contributed by atoms with Crippen molar-refractivity contribution >= 4 is 12.6 Å². The Kier molecular flexibility index (Phi) is 5.72. The summed E-state index contributed by atoms with van der Waals surface area (Å²) in [4.78, 5) is 25.1. The Balaban J connectivity index is 2.15. The van der Waals surface area contributed by atoms with Gasteiger partial charge in [0, 0.05) is 41.2 Å². The molecule has 1 fully saturated rings. The lowest BCUT2D eigenvalue weighted by Gasteiger charge is -2.18. The molecule has 1 amide bonds. The Morgan fingerprint density at radius 3 is 2.36 bits per heavy atom. The average Bonchev–Trinajstić information content (AvgIpc) is 3.29. The average molecular weight is 341 g/mol. The fraction of sp³-hybridized carbons (Fsp3) is 0.474. The molecule has 0 unspecified atom stereocenters. The van der Waals surface area contributed by atoms with Crippen LogP contribution in [0.1, 0.15) is 51.9 Å². The van der Waals surface area contributed by atoms with Crippen LogP contribution in [-0.4, -0.2) is 28.1 Å². The summed E-state index contributed by atoms with van der Waals surface area (Å²) in [5.74, 6) is 1.24. The van der Waals surface area contributed by atoms with Crippen molar-refractivity contribution in [2.24, 2.45) is 4.99 Å². The molecule has 1 aromatic heterocycles. The van der Waals surface area contributed by atoms with Crippen LogP contribution in [-0.2, 0) is 11.3 Å². The molecule has 0 aliphatic heterocycles. The standard InChI is InChI=1S/C19H27N5O/c1-12(2)16(13(3)17(20-6)24-19(5)7-8-19)18(25)23-11-15-9-21-14(4)22-10-15/h9-10,24H,6-8,11H2,1-5H3,(H,23,25)/b17-13-. The van der Waals surface area contributed by atoms with E-state index in [-0.39, 0.29) is 11.4 Å². The molecule has 1 aromatic rings. The summed E-state index contributed by atoms with van der Waals surface area (Å²) >= 11 is 0. The second kappa shape index (κ2) is 7.59. The van der Waals surface area contributed by atoms with Gasteiger partial charge in [-0.15, -0.1) is 0 Å². The van der Waals surface area contributed by atoms with Crippen molar-refractivity contribution in [3.8, 4) is 0 Å². The number of rotatable bonds is 7. The molecule has 6 heteroatoms. The zero-order valence-electron chi connectivity index (χ0n) is 15.7. The summed E-state index contributed by atoms with van der Waals surface area (Å²) in [5.41, 5.74) is 3.30. The number of aliphatic imine (C=N–C) groups is 1. The zero-order valence-corrected chi connectivity index (χ0v) is 15.7. The van der Waals surface area contributed by atoms with E-state index in [1.54, 1.807) is 12.4 Å². The van der Waals surface area contributed by atoms with Gasteiger partial charge in [0.25, 0.3) is 5.91 Å². The van der Waals surface area contributed by atoms with Crippen LogP contribution in [0, 0.1) is 6.92 Å². The van der Waals surface area contributed by atoms with Gasteiger partial charge in [-0.05, 0) is 54.2 Å². The molecule has 2 N–H and O–H groups in total. The Labute approximate surface area is 149 Å². The lowest BCUT2D eigenvalue weighted by Crippen LogP contribution is -2.30. The topological polar surface area (TPSA) is 79.3 Å². The predicted molar refractivity (Wildman–Crippen MR) is 100 cm³/mol. The molecular formula is C19H27N5O. The molecule has 0 atom stereocenters. The third kappa shape index (κ3) is 4.98. The molecule has 1 saturated carbocycles. The van der Waals surface area contributed by atoms with Gasteiger partial charge in [-0.25, -0.2) is 15.0 Å². The molecule has 1 heterocycles. The minimum atomic E-state index is -0.137. The van der Waals surface area contributed by atoms with E-state index in [1.165, 1.54) is 0 Å². The van der Waals surface area contributed by atoms with E-state index in [9.17, 15) is 4.79 Å². The number of allylic oxidation sites excluding steroid dienone is 1. The molecule has 6 nitrogen and oxygen atoms in total. The minimum Gasteiger partial charge on any atom is -0.365 e. The molecule has 1 aliphatic rings. The number of nitrogens with zero attached hydrogens (tertiary/aromatic N) is 3. The number of aromatic nitrogens is 2. The van der Waals surface area contributed by atoms with Crippen molar-refractivity contribution < 1.29 is 4.79 Å². The van der Waals surface area contributed by atoms with E-state index in [2.05, 4.69) is 39.2 Å². The summed E-state index contributed by atoms with van der Waals surface area (Å²) in [6, 6.07) is 0. The number of carbonyl (C=O) groups is 1. The molecule has 0 saturated heterocycles. The van der Waals surface area contributed by atoms with E-state index in [1.807, 2.05) is 27.7 Å². The van der Waals surface area contributed by atoms with Crippen molar-refractivity contribution in [3.63, 3.8) is 0 Å². The molecule has 0 bridgehead atoms. The summed E-state index contributed by atoms with van der Waals surface area (Å²) < 4.78 is 0. The van der Waals surface area contributed by atoms with Crippen LogP contribution < -0.4 is 10.6 Å². The molecule has 1 aliphatic carbocycles. The predicted octanol–water partition coefficient (Wildman–Crippen LogP) is 2.81. The largest absolute Gasteiger partial charge is 0.365 e. The maximum atomic E-state index is 12.7. The van der Waals surface area contributed by atoms with E-state index >= 15 is 0 Å². The number of nitrogens with one attached hydrogen (secondary N) is 2. The first kappa shape index (κ1) is 18.8. The third-order valence-electron chi connectivity index (χ3n) is 4.32. The van der Waals surface area contributed by atoms with Crippen molar-refractivity contribution in [2.45, 2.75) is 59.5 Å². The van der Waals surface area contributed by atoms with Crippen LogP contribution >= 0.6 is 0 Å². The minimum absolute atomic E-state index is 0.0697. The van der Waals surface area contributed by atoms with Gasteiger partial charge in [-0.2, -0.15) is 0 Å². The normalized spacial score (nSPS) is 15.7. The summed E-state index contributed by atoms with van der Waals surface area (Å²) in [5, 5.41) is 6.34. The van der Waals surface area contributed by atoms with Crippen molar-refractivity contribution in [1.29, 1.82) is 0 Å². The summed E-state index contributed by atoms with van der Waals surface area (Å²) in [6.45, 7) is 13.8. The maximum absolute atomic E-state index is 12.7. The maximum Gasteiger partial charge on any atom is 0.251 e. The van der Waals surface area contributed by atoms with E-state index in [0.29, 0.717) is 23.8 Å². The highest BCUT2D eigenvalue weighted by atomic mass is 16.1. The summed E-state index contributed by atoms with van der Waals surface area (Å²) in [6.07, 6.45) is 5.64. The number of hydrogen-bond acceptors (Lipinski definition) is 5. The Morgan fingerprint density at radius 1 is 1.28 bits per heavy atom. The molecule has 0 spiro atoms. The smallest absolute Gasteiger partial charge is 0.251 e. The number of aryl methyl sites for hydroxylation is 1. The Bertz CT molecular complexity index is 723. The second-order valence-corrected chi connectivity index (χ2v) is 7.01. The molecular weight excluding hydrogens is 314 g/mol. The SMILES string of the molecule is C=N/C(NC1(C)CC1)=C(\C)C(C(=O)NCc1cnc(C)nc1)=C(C)C. The van der Waals surface area contributed by atoms with Crippen LogP contribution in [0.3, 0.4) is 0 Å². The third-order valence-corrected chi connectivity index (χ3v) is 4.32. The lowest BCUT2D eigenvalue weighted by molar-refractivity contribution is -0.117. The van der Waals surface area contributed by atoms with E-state index in [0.717, 1.165) is 29.6 Å². The van der Waals surface area contributed by atoms with Gasteiger partial charge >= 0.3 is 0 Å². The first-order valence-corrected chi connectivity index (χ1v) is 8.45. The van der Waals surface area contributed by atoms with Gasteiger partial charge in [0.1, 0.15) is 11.6 Å². The van der Waals surface area contributed by atoms with E-state index < -0.39 is 0 Å². The molecule has 0 radical (unpaired) electrons. The quantitative estimate of drug-likeness (QED) is 0.454. The fourth-order valence-corrected chi connectivity index (χ4v) is 2.52. The number of amides is 1. The Hall–Kier alpha value is -2.50. The summed E-state index contributed by atoms with van der Waals surface area (Å²) in [7, 11) is 0. The van der Waals surface area contributed by atoms with Crippen LogP contribution in [0.2, 0.25) is 0 Å². The van der Waals surface area contributed by atoms with Crippen molar-refractivity contribution in [3.05, 3.63) is 46.3 Å². The van der Waals surface area contributed by atoms with Crippen molar-refractivity contribution in [2.75, 3.05) is 0 Å². The fourth-order valence-electron chi connectivity index (χ4n) is 2.52. The van der Waals surface area contributed by atoms with E-state index in [4.69, 9.17) is 0 Å². The number of carbonyl (C=O) groups excluding carboxylic acids is 1. The highest BCUT2D eigenvalue weighted by Gasteiger charge is 2.38. The highest BCUT2D eigenvalue weighted by Crippen LogP contribution is 2.36.